The minimum Gasteiger partial charge on any atom is -0.324 e. The third-order valence-corrected chi connectivity index (χ3v) is 1.49. The number of ketones is 1. The van der Waals surface area contributed by atoms with Crippen molar-refractivity contribution in [3.8, 4) is 0 Å². The first-order valence-corrected chi connectivity index (χ1v) is 3.40. The molecule has 2 N–H and O–H groups in total. The van der Waals surface area contributed by atoms with Crippen LogP contribution in [0.25, 0.3) is 0 Å². The predicted octanol–water partition coefficient (Wildman–Crippen LogP) is 0.531. The number of aromatic nitrogens is 1. The molecule has 3 nitrogen and oxygen atoms in total. The number of nitrogens with zero attached hydrogens (tertiary/aromatic N) is 1. The molecular weight excluding hydrogens is 140 g/mol. The fourth-order valence-corrected chi connectivity index (χ4v) is 0.889. The van der Waals surface area contributed by atoms with Gasteiger partial charge >= 0.3 is 0 Å². The Labute approximate surface area is 65.2 Å². The highest BCUT2D eigenvalue weighted by atomic mass is 16.1. The monoisotopic (exact) mass is 150 g/mol. The van der Waals surface area contributed by atoms with Gasteiger partial charge in [-0.25, -0.2) is 0 Å². The van der Waals surface area contributed by atoms with Gasteiger partial charge in [-0.2, -0.15) is 0 Å². The number of hydrogen-bond acceptors (Lipinski definition) is 3. The van der Waals surface area contributed by atoms with E-state index in [0.29, 0.717) is 5.56 Å². The van der Waals surface area contributed by atoms with E-state index in [4.69, 9.17) is 5.73 Å². The quantitative estimate of drug-likeness (QED) is 0.626. The Kier molecular flexibility index (Phi) is 2.33. The van der Waals surface area contributed by atoms with Crippen LogP contribution in [0.4, 0.5) is 0 Å². The molecule has 0 saturated carbocycles. The summed E-state index contributed by atoms with van der Waals surface area (Å²) in [7, 11) is 0. The van der Waals surface area contributed by atoms with Gasteiger partial charge in [0.05, 0.1) is 6.54 Å². The standard InChI is InChI=1S/C8H10N2O/c1-6-7(8(11)5-9)3-2-4-10-6/h2-4H,5,9H2,1H3. The van der Waals surface area contributed by atoms with Crippen molar-refractivity contribution in [2.45, 2.75) is 6.92 Å². The van der Waals surface area contributed by atoms with Crippen molar-refractivity contribution in [3.05, 3.63) is 29.6 Å². The molecule has 58 valence electrons. The van der Waals surface area contributed by atoms with Gasteiger partial charge in [0, 0.05) is 17.5 Å². The second kappa shape index (κ2) is 3.25. The molecule has 0 aromatic carbocycles. The molecule has 0 unspecified atom stereocenters. The molecular formula is C8H10N2O. The zero-order valence-electron chi connectivity index (χ0n) is 6.37. The van der Waals surface area contributed by atoms with Crippen LogP contribution in [0.5, 0.6) is 0 Å². The number of carbonyl (C=O) groups is 1. The fraction of sp³-hybridized carbons (Fsp3) is 0.250. The van der Waals surface area contributed by atoms with Crippen molar-refractivity contribution in [3.63, 3.8) is 0 Å². The van der Waals surface area contributed by atoms with E-state index in [9.17, 15) is 4.79 Å². The van der Waals surface area contributed by atoms with Gasteiger partial charge in [0.15, 0.2) is 5.78 Å². The summed E-state index contributed by atoms with van der Waals surface area (Å²) in [6.45, 7) is 1.84. The Hall–Kier alpha value is -1.22. The lowest BCUT2D eigenvalue weighted by Crippen LogP contribution is -2.15. The smallest absolute Gasteiger partial charge is 0.178 e. The summed E-state index contributed by atoms with van der Waals surface area (Å²) in [6.07, 6.45) is 1.66. The van der Waals surface area contributed by atoms with Gasteiger partial charge < -0.3 is 5.73 Å². The number of rotatable bonds is 2. The van der Waals surface area contributed by atoms with E-state index in [1.807, 2.05) is 0 Å². The van der Waals surface area contributed by atoms with Crippen LogP contribution in [0.15, 0.2) is 18.3 Å². The third kappa shape index (κ3) is 1.62. The van der Waals surface area contributed by atoms with Gasteiger partial charge in [-0.05, 0) is 19.1 Å². The number of carbonyl (C=O) groups excluding carboxylic acids is 1. The van der Waals surface area contributed by atoms with Gasteiger partial charge in [0.25, 0.3) is 0 Å². The number of Topliss-reactive ketones (excluding diaryl/α,β-unsaturated/α-hetero) is 1. The average molecular weight is 150 g/mol. The number of nitrogens with two attached hydrogens (primary N) is 1. The molecule has 3 heteroatoms. The molecule has 1 aromatic rings. The van der Waals surface area contributed by atoms with Crippen LogP contribution in [0.3, 0.4) is 0 Å². The van der Waals surface area contributed by atoms with Crippen molar-refractivity contribution in [2.75, 3.05) is 6.54 Å². The number of pyridine rings is 1. The molecule has 0 spiro atoms. The molecule has 11 heavy (non-hydrogen) atoms. The van der Waals surface area contributed by atoms with Crippen LogP contribution in [0.1, 0.15) is 16.1 Å². The highest BCUT2D eigenvalue weighted by molar-refractivity contribution is 5.98. The normalized spacial score (nSPS) is 9.64. The summed E-state index contributed by atoms with van der Waals surface area (Å²) in [6, 6.07) is 3.47. The maximum absolute atomic E-state index is 11.1. The Bertz CT molecular complexity index is 271. The van der Waals surface area contributed by atoms with Crippen molar-refractivity contribution < 1.29 is 4.79 Å². The van der Waals surface area contributed by atoms with E-state index in [-0.39, 0.29) is 12.3 Å². The van der Waals surface area contributed by atoms with Crippen LogP contribution in [-0.4, -0.2) is 17.3 Å². The zero-order chi connectivity index (χ0) is 8.27. The predicted molar refractivity (Wildman–Crippen MR) is 42.4 cm³/mol. The molecule has 0 saturated heterocycles. The van der Waals surface area contributed by atoms with Crippen molar-refractivity contribution >= 4 is 5.78 Å². The molecule has 1 heterocycles. The van der Waals surface area contributed by atoms with Crippen molar-refractivity contribution in [1.82, 2.24) is 4.98 Å². The fourth-order valence-electron chi connectivity index (χ4n) is 0.889. The third-order valence-electron chi connectivity index (χ3n) is 1.49. The van der Waals surface area contributed by atoms with Crippen LogP contribution < -0.4 is 5.73 Å². The maximum atomic E-state index is 11.1. The van der Waals surface area contributed by atoms with Crippen LogP contribution in [0.2, 0.25) is 0 Å². The van der Waals surface area contributed by atoms with Crippen LogP contribution in [0, 0.1) is 6.92 Å². The summed E-state index contributed by atoms with van der Waals surface area (Å²) < 4.78 is 0. The molecule has 0 aliphatic carbocycles. The van der Waals surface area contributed by atoms with E-state index in [2.05, 4.69) is 4.98 Å². The van der Waals surface area contributed by atoms with E-state index < -0.39 is 0 Å². The van der Waals surface area contributed by atoms with Crippen molar-refractivity contribution in [1.29, 1.82) is 0 Å². The average Bonchev–Trinajstić information content (AvgIpc) is 2.04. The molecule has 0 radical (unpaired) electrons. The van der Waals surface area contributed by atoms with Gasteiger partial charge in [-0.15, -0.1) is 0 Å². The molecule has 0 aliphatic heterocycles. The molecule has 0 amide bonds. The Morgan fingerprint density at radius 2 is 2.45 bits per heavy atom. The zero-order valence-corrected chi connectivity index (χ0v) is 6.37. The lowest BCUT2D eigenvalue weighted by Gasteiger charge is -1.99. The summed E-state index contributed by atoms with van der Waals surface area (Å²) >= 11 is 0. The van der Waals surface area contributed by atoms with E-state index >= 15 is 0 Å². The highest BCUT2D eigenvalue weighted by Crippen LogP contribution is 2.02. The Balaban J connectivity index is 3.03. The molecule has 0 aliphatic rings. The minimum absolute atomic E-state index is 0.0481. The summed E-state index contributed by atoms with van der Waals surface area (Å²) in [5, 5.41) is 0. The Morgan fingerprint density at radius 3 is 3.00 bits per heavy atom. The van der Waals surface area contributed by atoms with Gasteiger partial charge in [-0.1, -0.05) is 0 Å². The van der Waals surface area contributed by atoms with Crippen LogP contribution in [-0.2, 0) is 0 Å². The molecule has 0 fully saturated rings. The topological polar surface area (TPSA) is 56.0 Å². The van der Waals surface area contributed by atoms with E-state index in [1.165, 1.54) is 0 Å². The maximum Gasteiger partial charge on any atom is 0.178 e. The van der Waals surface area contributed by atoms with Gasteiger partial charge in [0.1, 0.15) is 0 Å². The Morgan fingerprint density at radius 1 is 1.73 bits per heavy atom. The minimum atomic E-state index is -0.0596. The van der Waals surface area contributed by atoms with Gasteiger partial charge in [0.2, 0.25) is 0 Å². The molecule has 1 aromatic heterocycles. The first-order chi connectivity index (χ1) is 5.25. The summed E-state index contributed by atoms with van der Waals surface area (Å²) in [5.41, 5.74) is 6.55. The summed E-state index contributed by atoms with van der Waals surface area (Å²) in [5.74, 6) is -0.0596. The molecule has 0 atom stereocenters. The number of hydrogen-bond donors (Lipinski definition) is 1. The van der Waals surface area contributed by atoms with E-state index in [0.717, 1.165) is 5.69 Å². The van der Waals surface area contributed by atoms with Crippen LogP contribution >= 0.6 is 0 Å². The second-order valence-electron chi connectivity index (χ2n) is 2.26. The largest absolute Gasteiger partial charge is 0.324 e. The lowest BCUT2D eigenvalue weighted by atomic mass is 10.1. The SMILES string of the molecule is Cc1ncccc1C(=O)CN. The first kappa shape index (κ1) is 7.88. The van der Waals surface area contributed by atoms with Gasteiger partial charge in [-0.3, -0.25) is 9.78 Å². The second-order valence-corrected chi connectivity index (χ2v) is 2.26. The summed E-state index contributed by atoms with van der Waals surface area (Å²) in [4.78, 5) is 15.0. The highest BCUT2D eigenvalue weighted by Gasteiger charge is 2.05. The van der Waals surface area contributed by atoms with Crippen molar-refractivity contribution in [2.24, 2.45) is 5.73 Å². The number of aryl methyl sites for hydroxylation is 1. The lowest BCUT2D eigenvalue weighted by molar-refractivity contribution is 0.100. The molecule has 0 bridgehead atoms. The van der Waals surface area contributed by atoms with E-state index in [1.54, 1.807) is 25.3 Å². The molecule has 1 rings (SSSR count). The first-order valence-electron chi connectivity index (χ1n) is 3.40.